The van der Waals surface area contributed by atoms with Gasteiger partial charge in [0.1, 0.15) is 24.4 Å². The lowest BCUT2D eigenvalue weighted by Crippen LogP contribution is -2.52. The molecule has 4 N–H and O–H groups in total. The number of nitrogens with zero attached hydrogens (tertiary/aromatic N) is 4. The van der Waals surface area contributed by atoms with Crippen LogP contribution < -0.4 is 16.0 Å². The van der Waals surface area contributed by atoms with Crippen molar-refractivity contribution in [1.29, 1.82) is 0 Å². The van der Waals surface area contributed by atoms with Crippen LogP contribution in [0.25, 0.3) is 11.2 Å². The summed E-state index contributed by atoms with van der Waals surface area (Å²) in [4.78, 5) is 49.0. The molecule has 2 heterocycles. The Hall–Kier alpha value is -4.06. The zero-order chi connectivity index (χ0) is 23.8. The van der Waals surface area contributed by atoms with Gasteiger partial charge in [-0.3, -0.25) is 9.59 Å². The molecule has 0 radical (unpaired) electrons. The zero-order valence-electron chi connectivity index (χ0n) is 18.2. The summed E-state index contributed by atoms with van der Waals surface area (Å²) in [5.41, 5.74) is 2.04. The van der Waals surface area contributed by atoms with Gasteiger partial charge in [-0.15, -0.1) is 0 Å². The van der Waals surface area contributed by atoms with Gasteiger partial charge in [0.2, 0.25) is 11.8 Å². The first-order chi connectivity index (χ1) is 15.9. The summed E-state index contributed by atoms with van der Waals surface area (Å²) in [6.07, 6.45) is 2.85. The molecule has 33 heavy (non-hydrogen) atoms. The van der Waals surface area contributed by atoms with E-state index in [0.717, 1.165) is 12.7 Å². The van der Waals surface area contributed by atoms with Gasteiger partial charge >= 0.3 is 5.97 Å². The molecule has 2 atom stereocenters. The molecule has 3 aromatic rings. The smallest absolute Gasteiger partial charge is 0.330 e. The largest absolute Gasteiger partial charge is 0.467 e. The molecule has 0 bridgehead atoms. The van der Waals surface area contributed by atoms with Crippen LogP contribution in [0.4, 0.5) is 5.82 Å². The van der Waals surface area contributed by atoms with E-state index in [4.69, 9.17) is 0 Å². The van der Waals surface area contributed by atoms with Crippen molar-refractivity contribution in [3.8, 4) is 0 Å². The Bertz CT molecular complexity index is 1120. The van der Waals surface area contributed by atoms with Crippen LogP contribution in [-0.4, -0.2) is 68.2 Å². The van der Waals surface area contributed by atoms with Gasteiger partial charge in [-0.25, -0.2) is 19.7 Å². The van der Waals surface area contributed by atoms with Crippen molar-refractivity contribution in [3.05, 3.63) is 48.5 Å². The number of ether oxygens (including phenoxy) is 1. The number of carbonyl (C=O) groups excluding carboxylic acids is 3. The topological polar surface area (TPSA) is 160 Å². The number of imidazole rings is 1. The number of anilines is 1. The number of aromatic nitrogens is 4. The fraction of sp³-hybridized carbons (Fsp3) is 0.333. The fourth-order valence-electron chi connectivity index (χ4n) is 3.03. The molecule has 12 heteroatoms. The lowest BCUT2D eigenvalue weighted by atomic mass is 10.2. The van der Waals surface area contributed by atoms with Gasteiger partial charge in [-0.1, -0.05) is 30.3 Å². The van der Waals surface area contributed by atoms with Crippen LogP contribution in [-0.2, 0) is 32.2 Å². The van der Waals surface area contributed by atoms with E-state index >= 15 is 0 Å². The van der Waals surface area contributed by atoms with Crippen LogP contribution in [0.5, 0.6) is 0 Å². The van der Waals surface area contributed by atoms with E-state index in [9.17, 15) is 19.5 Å². The van der Waals surface area contributed by atoms with Crippen LogP contribution in [0.1, 0.15) is 12.5 Å². The minimum atomic E-state index is -1.21. The highest BCUT2D eigenvalue weighted by atomic mass is 16.5. The third-order valence-corrected chi connectivity index (χ3v) is 4.77. The van der Waals surface area contributed by atoms with Crippen molar-refractivity contribution in [2.24, 2.45) is 0 Å². The lowest BCUT2D eigenvalue weighted by molar-refractivity contribution is -0.146. The maximum atomic E-state index is 12.5. The average molecular weight is 455 g/mol. The summed E-state index contributed by atoms with van der Waals surface area (Å²) in [5.74, 6) is -1.36. The first kappa shape index (κ1) is 23.6. The number of hydrogen-bond acceptors (Lipinski definition) is 9. The van der Waals surface area contributed by atoms with Crippen LogP contribution in [0.15, 0.2) is 43.0 Å². The predicted octanol–water partition coefficient (Wildman–Crippen LogP) is -0.407. The van der Waals surface area contributed by atoms with Crippen molar-refractivity contribution in [2.75, 3.05) is 19.0 Å². The number of carbonyl (C=O) groups is 3. The molecule has 0 unspecified atom stereocenters. The second-order valence-corrected chi connectivity index (χ2v) is 7.16. The first-order valence-electron chi connectivity index (χ1n) is 10.1. The van der Waals surface area contributed by atoms with E-state index in [0.29, 0.717) is 23.5 Å². The van der Waals surface area contributed by atoms with E-state index in [1.165, 1.54) is 24.1 Å². The summed E-state index contributed by atoms with van der Waals surface area (Å²) < 4.78 is 6.04. The number of benzene rings is 1. The van der Waals surface area contributed by atoms with E-state index < -0.39 is 36.5 Å². The first-order valence-corrected chi connectivity index (χ1v) is 10.1. The monoisotopic (exact) mass is 455 g/mol. The number of fused-ring (bicyclic) bond motifs is 1. The summed E-state index contributed by atoms with van der Waals surface area (Å²) in [7, 11) is 1.14. The summed E-state index contributed by atoms with van der Waals surface area (Å²) in [5, 5.41) is 17.3. The molecule has 174 valence electrons. The Morgan fingerprint density at radius 2 is 1.88 bits per heavy atom. The number of esters is 1. The van der Waals surface area contributed by atoms with Crippen LogP contribution in [0.2, 0.25) is 0 Å². The molecule has 12 nitrogen and oxygen atoms in total. The Kier molecular flexibility index (Phi) is 7.86. The molecule has 0 saturated heterocycles. The second-order valence-electron chi connectivity index (χ2n) is 7.16. The van der Waals surface area contributed by atoms with Crippen molar-refractivity contribution in [3.63, 3.8) is 0 Å². The Labute approximate surface area is 189 Å². The van der Waals surface area contributed by atoms with Crippen LogP contribution in [0, 0.1) is 0 Å². The third kappa shape index (κ3) is 6.01. The minimum Gasteiger partial charge on any atom is -0.467 e. The second kappa shape index (κ2) is 11.0. The number of aliphatic hydroxyl groups excluding tert-OH is 1. The van der Waals surface area contributed by atoms with Gasteiger partial charge < -0.3 is 30.4 Å². The number of aliphatic hydroxyl groups is 1. The normalized spacial score (nSPS) is 12.6. The SMILES string of the molecule is COC(=O)[C@H](CO)NC(=O)[C@H](C)NC(=O)Cn1cnc2c(NCc3ccccc3)ncnc21. The van der Waals surface area contributed by atoms with Crippen LogP contribution >= 0.6 is 0 Å². The van der Waals surface area contributed by atoms with Gasteiger partial charge in [0.15, 0.2) is 17.5 Å². The van der Waals surface area contributed by atoms with Gasteiger partial charge in [0, 0.05) is 6.54 Å². The van der Waals surface area contributed by atoms with Crippen molar-refractivity contribution >= 4 is 34.8 Å². The van der Waals surface area contributed by atoms with Crippen molar-refractivity contribution in [1.82, 2.24) is 30.2 Å². The maximum absolute atomic E-state index is 12.5. The number of rotatable bonds is 10. The van der Waals surface area contributed by atoms with Gasteiger partial charge in [-0.2, -0.15) is 0 Å². The van der Waals surface area contributed by atoms with E-state index in [1.807, 2.05) is 30.3 Å². The molecular formula is C21H25N7O5. The molecule has 0 aliphatic rings. The maximum Gasteiger partial charge on any atom is 0.330 e. The molecular weight excluding hydrogens is 430 g/mol. The van der Waals surface area contributed by atoms with E-state index in [1.54, 1.807) is 0 Å². The molecule has 2 amide bonds. The molecule has 0 aliphatic heterocycles. The Balaban J connectivity index is 1.61. The highest BCUT2D eigenvalue weighted by Gasteiger charge is 2.24. The highest BCUT2D eigenvalue weighted by molar-refractivity contribution is 5.91. The number of amides is 2. The lowest BCUT2D eigenvalue weighted by Gasteiger charge is -2.18. The molecule has 2 aromatic heterocycles. The average Bonchev–Trinajstić information content (AvgIpc) is 3.24. The zero-order valence-corrected chi connectivity index (χ0v) is 18.2. The Morgan fingerprint density at radius 1 is 1.12 bits per heavy atom. The van der Waals surface area contributed by atoms with Crippen LogP contribution in [0.3, 0.4) is 0 Å². The molecule has 0 aliphatic carbocycles. The highest BCUT2D eigenvalue weighted by Crippen LogP contribution is 2.18. The van der Waals surface area contributed by atoms with Gasteiger partial charge in [-0.05, 0) is 12.5 Å². The number of nitrogens with one attached hydrogen (secondary N) is 3. The van der Waals surface area contributed by atoms with E-state index in [2.05, 4.69) is 35.6 Å². The van der Waals surface area contributed by atoms with Crippen molar-refractivity contribution < 1.29 is 24.2 Å². The quantitative estimate of drug-likeness (QED) is 0.298. The predicted molar refractivity (Wildman–Crippen MR) is 118 cm³/mol. The summed E-state index contributed by atoms with van der Waals surface area (Å²) in [6, 6.07) is 7.63. The summed E-state index contributed by atoms with van der Waals surface area (Å²) in [6.45, 7) is 1.25. The fourth-order valence-corrected chi connectivity index (χ4v) is 3.03. The van der Waals surface area contributed by atoms with Gasteiger partial charge in [0.05, 0.1) is 20.0 Å². The number of methoxy groups -OCH3 is 1. The van der Waals surface area contributed by atoms with Crippen molar-refractivity contribution in [2.45, 2.75) is 32.1 Å². The molecule has 3 rings (SSSR count). The molecule has 0 fully saturated rings. The summed E-state index contributed by atoms with van der Waals surface area (Å²) >= 11 is 0. The minimum absolute atomic E-state index is 0.135. The van der Waals surface area contributed by atoms with Gasteiger partial charge in [0.25, 0.3) is 0 Å². The number of hydrogen-bond donors (Lipinski definition) is 4. The molecule has 0 spiro atoms. The van der Waals surface area contributed by atoms with E-state index in [-0.39, 0.29) is 6.54 Å². The molecule has 0 saturated carbocycles. The third-order valence-electron chi connectivity index (χ3n) is 4.77. The Morgan fingerprint density at radius 3 is 2.58 bits per heavy atom. The molecule has 1 aromatic carbocycles. The standard InChI is InChI=1S/C21H25N7O5/c1-13(20(31)27-15(10-29)21(32)33-2)26-16(30)9-28-12-25-17-18(23-11-24-19(17)28)22-8-14-6-4-3-5-7-14/h3-7,11-13,15,29H,8-10H2,1-2H3,(H,26,30)(H,27,31)(H,22,23,24)/t13-,15-/m0/s1.